The fraction of sp³-hybridized carbons (Fsp3) is 0.105. The lowest BCUT2D eigenvalue weighted by molar-refractivity contribution is -0.137. The van der Waals surface area contributed by atoms with Crippen LogP contribution < -0.4 is 5.32 Å². The van der Waals surface area contributed by atoms with Crippen molar-refractivity contribution in [3.8, 4) is 11.3 Å². The topological polar surface area (TPSA) is 92.4 Å². The van der Waals surface area contributed by atoms with Gasteiger partial charge in [0.25, 0.3) is 5.91 Å². The van der Waals surface area contributed by atoms with Crippen molar-refractivity contribution in [1.29, 1.82) is 0 Å². The van der Waals surface area contributed by atoms with Crippen LogP contribution >= 0.6 is 0 Å². The molecule has 144 valence electrons. The van der Waals surface area contributed by atoms with E-state index in [1.165, 1.54) is 18.2 Å². The van der Waals surface area contributed by atoms with Crippen LogP contribution in [-0.2, 0) is 12.7 Å². The van der Waals surface area contributed by atoms with Crippen LogP contribution in [0.25, 0.3) is 11.3 Å². The number of carbonyl (C=O) groups is 2. The third kappa shape index (κ3) is 4.03. The highest BCUT2D eigenvalue weighted by atomic mass is 19.4. The second kappa shape index (κ2) is 7.55. The Bertz CT molecular complexity index is 1010. The number of oxazole rings is 1. The van der Waals surface area contributed by atoms with Gasteiger partial charge in [0, 0.05) is 12.1 Å². The lowest BCUT2D eigenvalue weighted by atomic mass is 10.1. The Morgan fingerprint density at radius 1 is 1.07 bits per heavy atom. The van der Waals surface area contributed by atoms with Crippen molar-refractivity contribution >= 4 is 11.9 Å². The lowest BCUT2D eigenvalue weighted by Gasteiger charge is -2.08. The van der Waals surface area contributed by atoms with Gasteiger partial charge in [0.15, 0.2) is 17.8 Å². The number of alkyl halides is 3. The summed E-state index contributed by atoms with van der Waals surface area (Å²) in [6, 6.07) is 10.3. The van der Waals surface area contributed by atoms with Crippen molar-refractivity contribution in [3.05, 3.63) is 77.3 Å². The first-order chi connectivity index (χ1) is 13.3. The Hall–Kier alpha value is -3.62. The number of benzene rings is 2. The molecule has 0 atom stereocenters. The number of aromatic carboxylic acids is 1. The maximum atomic E-state index is 12.7. The Morgan fingerprint density at radius 2 is 1.75 bits per heavy atom. The van der Waals surface area contributed by atoms with E-state index in [-0.39, 0.29) is 29.1 Å². The highest BCUT2D eigenvalue weighted by Crippen LogP contribution is 2.31. The average molecular weight is 390 g/mol. The van der Waals surface area contributed by atoms with E-state index in [0.29, 0.717) is 5.56 Å². The van der Waals surface area contributed by atoms with Crippen LogP contribution in [0.3, 0.4) is 0 Å². The normalized spacial score (nSPS) is 11.2. The summed E-state index contributed by atoms with van der Waals surface area (Å²) in [5.74, 6) is -1.77. The number of carbonyl (C=O) groups excluding carboxylic acids is 1. The zero-order valence-corrected chi connectivity index (χ0v) is 14.2. The molecule has 1 heterocycles. The van der Waals surface area contributed by atoms with Gasteiger partial charge in [0.1, 0.15) is 0 Å². The molecule has 2 N–H and O–H groups in total. The van der Waals surface area contributed by atoms with Gasteiger partial charge in [0.05, 0.1) is 11.1 Å². The van der Waals surface area contributed by atoms with Gasteiger partial charge in [-0.15, -0.1) is 0 Å². The minimum Gasteiger partial charge on any atom is -0.478 e. The molecule has 28 heavy (non-hydrogen) atoms. The number of carboxylic acids is 1. The molecule has 6 nitrogen and oxygen atoms in total. The monoisotopic (exact) mass is 390 g/mol. The van der Waals surface area contributed by atoms with E-state index in [9.17, 15) is 22.8 Å². The van der Waals surface area contributed by atoms with Gasteiger partial charge in [-0.2, -0.15) is 13.2 Å². The van der Waals surface area contributed by atoms with E-state index in [2.05, 4.69) is 10.3 Å². The number of hydrogen-bond donors (Lipinski definition) is 2. The van der Waals surface area contributed by atoms with Crippen molar-refractivity contribution in [3.63, 3.8) is 0 Å². The van der Waals surface area contributed by atoms with Crippen molar-refractivity contribution in [2.75, 3.05) is 0 Å². The fourth-order valence-corrected chi connectivity index (χ4v) is 2.57. The summed E-state index contributed by atoms with van der Waals surface area (Å²) in [6.45, 7) is -0.0688. The van der Waals surface area contributed by atoms with Crippen molar-refractivity contribution < 1.29 is 32.3 Å². The zero-order chi connectivity index (χ0) is 20.3. The minimum atomic E-state index is -4.47. The molecule has 9 heteroatoms. The van der Waals surface area contributed by atoms with Crippen LogP contribution in [0.4, 0.5) is 13.2 Å². The quantitative estimate of drug-likeness (QED) is 0.687. The molecule has 3 aromatic rings. The maximum absolute atomic E-state index is 12.7. The molecule has 0 fully saturated rings. The summed E-state index contributed by atoms with van der Waals surface area (Å²) >= 11 is 0. The number of nitrogens with one attached hydrogen (secondary N) is 1. The second-order valence-electron chi connectivity index (χ2n) is 5.75. The molecular formula is C19H13F3N2O4. The first kappa shape index (κ1) is 19.2. The molecule has 1 aromatic heterocycles. The van der Waals surface area contributed by atoms with Gasteiger partial charge in [-0.05, 0) is 23.8 Å². The Balaban J connectivity index is 1.78. The van der Waals surface area contributed by atoms with E-state index in [4.69, 9.17) is 9.52 Å². The van der Waals surface area contributed by atoms with Gasteiger partial charge >= 0.3 is 12.1 Å². The SMILES string of the molecule is O=C(O)c1ccccc1CNC(=O)c1ncoc1-c1ccc(C(F)(F)F)cc1. The molecule has 0 saturated heterocycles. The Labute approximate surface area is 156 Å². The molecule has 0 aliphatic carbocycles. The number of aromatic nitrogens is 1. The summed E-state index contributed by atoms with van der Waals surface area (Å²) in [7, 11) is 0. The van der Waals surface area contributed by atoms with E-state index in [1.807, 2.05) is 0 Å². The molecule has 3 rings (SSSR count). The number of hydrogen-bond acceptors (Lipinski definition) is 4. The summed E-state index contributed by atoms with van der Waals surface area (Å²) in [6.07, 6.45) is -3.47. The molecule has 1 amide bonds. The summed E-state index contributed by atoms with van der Waals surface area (Å²) < 4.78 is 43.2. The summed E-state index contributed by atoms with van der Waals surface area (Å²) in [4.78, 5) is 27.4. The maximum Gasteiger partial charge on any atom is 0.416 e. The third-order valence-corrected chi connectivity index (χ3v) is 3.94. The number of rotatable bonds is 5. The standard InChI is InChI=1S/C19H13F3N2O4/c20-19(21,22)13-7-5-11(6-8-13)16-15(24-10-28-16)17(25)23-9-12-3-1-2-4-14(12)18(26)27/h1-8,10H,9H2,(H,23,25)(H,26,27). The van der Waals surface area contributed by atoms with Crippen molar-refractivity contribution in [1.82, 2.24) is 10.3 Å². The van der Waals surface area contributed by atoms with E-state index in [1.54, 1.807) is 18.2 Å². The largest absolute Gasteiger partial charge is 0.478 e. The van der Waals surface area contributed by atoms with E-state index >= 15 is 0 Å². The molecule has 0 saturated carbocycles. The van der Waals surface area contributed by atoms with Crippen LogP contribution in [0.5, 0.6) is 0 Å². The third-order valence-electron chi connectivity index (χ3n) is 3.94. The number of carboxylic acid groups (broad SMARTS) is 1. The zero-order valence-electron chi connectivity index (χ0n) is 14.2. The van der Waals surface area contributed by atoms with Gasteiger partial charge < -0.3 is 14.8 Å². The Morgan fingerprint density at radius 3 is 2.39 bits per heavy atom. The van der Waals surface area contributed by atoms with Gasteiger partial charge in [-0.1, -0.05) is 30.3 Å². The molecular weight excluding hydrogens is 377 g/mol. The van der Waals surface area contributed by atoms with Crippen LogP contribution in [0.15, 0.2) is 59.3 Å². The molecule has 0 bridgehead atoms. The molecule has 0 spiro atoms. The first-order valence-corrected chi connectivity index (χ1v) is 7.98. The number of nitrogens with zero attached hydrogens (tertiary/aromatic N) is 1. The van der Waals surface area contributed by atoms with Gasteiger partial charge in [-0.25, -0.2) is 9.78 Å². The van der Waals surface area contributed by atoms with E-state index < -0.39 is 23.6 Å². The smallest absolute Gasteiger partial charge is 0.416 e. The number of amides is 1. The highest BCUT2D eigenvalue weighted by Gasteiger charge is 2.30. The fourth-order valence-electron chi connectivity index (χ4n) is 2.57. The molecule has 0 unspecified atom stereocenters. The predicted molar refractivity (Wildman–Crippen MR) is 91.5 cm³/mol. The molecule has 0 radical (unpaired) electrons. The lowest BCUT2D eigenvalue weighted by Crippen LogP contribution is -2.24. The van der Waals surface area contributed by atoms with Gasteiger partial charge in [-0.3, -0.25) is 4.79 Å². The second-order valence-corrected chi connectivity index (χ2v) is 5.75. The van der Waals surface area contributed by atoms with Gasteiger partial charge in [0.2, 0.25) is 0 Å². The summed E-state index contributed by atoms with van der Waals surface area (Å²) in [5, 5.41) is 11.7. The number of halogens is 3. The molecule has 0 aliphatic heterocycles. The van der Waals surface area contributed by atoms with Crippen molar-refractivity contribution in [2.24, 2.45) is 0 Å². The first-order valence-electron chi connectivity index (χ1n) is 7.98. The van der Waals surface area contributed by atoms with Crippen LogP contribution in [0.2, 0.25) is 0 Å². The molecule has 0 aliphatic rings. The summed E-state index contributed by atoms with van der Waals surface area (Å²) in [5.41, 5.74) is -0.255. The van der Waals surface area contributed by atoms with E-state index in [0.717, 1.165) is 18.5 Å². The predicted octanol–water partition coefficient (Wildman–Crippen LogP) is 3.99. The van der Waals surface area contributed by atoms with Crippen LogP contribution in [0, 0.1) is 0 Å². The average Bonchev–Trinajstić information content (AvgIpc) is 3.15. The Kier molecular flexibility index (Phi) is 5.16. The highest BCUT2D eigenvalue weighted by molar-refractivity contribution is 5.97. The van der Waals surface area contributed by atoms with Crippen LogP contribution in [0.1, 0.15) is 32.0 Å². The minimum absolute atomic E-state index is 0.0118. The van der Waals surface area contributed by atoms with Crippen LogP contribution in [-0.4, -0.2) is 22.0 Å². The van der Waals surface area contributed by atoms with Crippen molar-refractivity contribution in [2.45, 2.75) is 12.7 Å². The molecule has 2 aromatic carbocycles.